The van der Waals surface area contributed by atoms with Gasteiger partial charge < -0.3 is 19.4 Å². The summed E-state index contributed by atoms with van der Waals surface area (Å²) in [5, 5.41) is 14.1. The minimum absolute atomic E-state index is 0.0763. The second-order valence-corrected chi connectivity index (χ2v) is 9.36. The van der Waals surface area contributed by atoms with Crippen LogP contribution in [-0.4, -0.2) is 40.2 Å². The highest BCUT2D eigenvalue weighted by Gasteiger charge is 2.19. The second kappa shape index (κ2) is 10.3. The summed E-state index contributed by atoms with van der Waals surface area (Å²) in [4.78, 5) is 33.2. The molecule has 0 aliphatic carbocycles. The van der Waals surface area contributed by atoms with Gasteiger partial charge in [-0.25, -0.2) is 4.98 Å². The molecule has 1 unspecified atom stereocenters. The van der Waals surface area contributed by atoms with Crippen LogP contribution in [0, 0.1) is 5.92 Å². The summed E-state index contributed by atoms with van der Waals surface area (Å²) in [5.74, 6) is -0.666. The Labute approximate surface area is 195 Å². The van der Waals surface area contributed by atoms with E-state index >= 15 is 0 Å². The van der Waals surface area contributed by atoms with Gasteiger partial charge in [0, 0.05) is 30.5 Å². The Kier molecular flexibility index (Phi) is 7.20. The lowest BCUT2D eigenvalue weighted by Gasteiger charge is -2.13. The molecule has 1 saturated heterocycles. The molecule has 0 amide bonds. The van der Waals surface area contributed by atoms with Gasteiger partial charge in [-0.2, -0.15) is 4.98 Å². The van der Waals surface area contributed by atoms with E-state index in [1.54, 1.807) is 17.5 Å². The minimum atomic E-state index is -1.40. The van der Waals surface area contributed by atoms with Crippen LogP contribution in [0.2, 0.25) is 0 Å². The number of nitrogens with zero attached hydrogens (tertiary/aromatic N) is 3. The van der Waals surface area contributed by atoms with Crippen molar-refractivity contribution in [1.29, 1.82) is 0 Å². The fourth-order valence-electron chi connectivity index (χ4n) is 3.60. The highest BCUT2D eigenvalue weighted by Crippen LogP contribution is 2.21. The summed E-state index contributed by atoms with van der Waals surface area (Å²) in [6.07, 6.45) is 6.08. The molecule has 3 aromatic rings. The van der Waals surface area contributed by atoms with E-state index < -0.39 is 11.5 Å². The molecule has 4 heterocycles. The molecule has 0 saturated carbocycles. The van der Waals surface area contributed by atoms with Crippen LogP contribution in [0.25, 0.3) is 11.7 Å². The van der Waals surface area contributed by atoms with Gasteiger partial charge in [-0.3, -0.25) is 9.20 Å². The second-order valence-electron chi connectivity index (χ2n) is 8.41. The number of pyridine rings is 1. The minimum Gasteiger partial charge on any atom is -0.545 e. The van der Waals surface area contributed by atoms with Crippen molar-refractivity contribution in [3.8, 4) is 5.88 Å². The van der Waals surface area contributed by atoms with Crippen molar-refractivity contribution in [2.75, 3.05) is 19.8 Å². The molecule has 1 aliphatic rings. The number of hydrogen-bond acceptors (Lipinski definition) is 8. The standard InChI is InChI=1S/C24H27N3O5S/c1-15(2)19-14-33-21(25-19)5-3-16-7-9-27-20(11-16)26-23(32-13-17-8-10-31-12-17)18(24(27)30)4-6-22(28)29/h4,6-7,9,11,14-15,17H,3,5,8,10,12-13H2,1-2H3,(H,28,29)/p-1/b6-4+. The van der Waals surface area contributed by atoms with Crippen molar-refractivity contribution in [3.05, 3.63) is 62.0 Å². The normalized spacial score (nSPS) is 16.3. The number of hydrogen-bond donors (Lipinski definition) is 0. The molecule has 9 heteroatoms. The number of aryl methyl sites for hydroxylation is 2. The predicted octanol–water partition coefficient (Wildman–Crippen LogP) is 2.24. The summed E-state index contributed by atoms with van der Waals surface area (Å²) >= 11 is 1.66. The van der Waals surface area contributed by atoms with Crippen molar-refractivity contribution in [3.63, 3.8) is 0 Å². The lowest BCUT2D eigenvalue weighted by molar-refractivity contribution is -0.297. The molecule has 1 aliphatic heterocycles. The van der Waals surface area contributed by atoms with Crippen molar-refractivity contribution in [2.24, 2.45) is 5.92 Å². The van der Waals surface area contributed by atoms with Crippen LogP contribution in [-0.2, 0) is 22.4 Å². The maximum Gasteiger partial charge on any atom is 0.269 e. The topological polar surface area (TPSA) is 106 Å². The fraction of sp³-hybridized carbons (Fsp3) is 0.417. The van der Waals surface area contributed by atoms with Gasteiger partial charge >= 0.3 is 0 Å². The first-order valence-electron chi connectivity index (χ1n) is 11.0. The SMILES string of the molecule is CC(C)c1csc(CCc2ccn3c(=O)c(/C=C/C(=O)[O-])c(OCC4CCOC4)nc3c2)n1. The monoisotopic (exact) mass is 468 g/mol. The molecule has 0 aromatic carbocycles. The van der Waals surface area contributed by atoms with Gasteiger partial charge in [-0.1, -0.05) is 13.8 Å². The molecule has 0 N–H and O–H groups in total. The molecule has 4 rings (SSSR count). The number of ether oxygens (including phenoxy) is 2. The van der Waals surface area contributed by atoms with Crippen LogP contribution in [0.5, 0.6) is 5.88 Å². The third kappa shape index (κ3) is 5.66. The highest BCUT2D eigenvalue weighted by atomic mass is 32.1. The van der Waals surface area contributed by atoms with Gasteiger partial charge in [-0.05, 0) is 48.6 Å². The lowest BCUT2D eigenvalue weighted by atomic mass is 10.1. The van der Waals surface area contributed by atoms with Crippen LogP contribution in [0.4, 0.5) is 0 Å². The number of thiazole rings is 1. The number of aromatic nitrogens is 3. The average Bonchev–Trinajstić information content (AvgIpc) is 3.47. The van der Waals surface area contributed by atoms with Gasteiger partial charge in [0.15, 0.2) is 0 Å². The zero-order valence-electron chi connectivity index (χ0n) is 18.7. The van der Waals surface area contributed by atoms with Gasteiger partial charge in [0.2, 0.25) is 5.88 Å². The smallest absolute Gasteiger partial charge is 0.269 e. The molecule has 3 aromatic heterocycles. The van der Waals surface area contributed by atoms with Crippen molar-refractivity contribution >= 4 is 29.0 Å². The van der Waals surface area contributed by atoms with Crippen molar-refractivity contribution in [2.45, 2.75) is 39.0 Å². The molecule has 8 nitrogen and oxygen atoms in total. The van der Waals surface area contributed by atoms with Gasteiger partial charge in [0.05, 0.1) is 29.9 Å². The summed E-state index contributed by atoms with van der Waals surface area (Å²) in [5.41, 5.74) is 2.25. The van der Waals surface area contributed by atoms with Gasteiger partial charge in [0.25, 0.3) is 5.56 Å². The maximum absolute atomic E-state index is 13.1. The van der Waals surface area contributed by atoms with E-state index in [-0.39, 0.29) is 17.4 Å². The number of rotatable bonds is 9. The first-order chi connectivity index (χ1) is 15.9. The Morgan fingerprint density at radius 2 is 2.24 bits per heavy atom. The quantitative estimate of drug-likeness (QED) is 0.443. The highest BCUT2D eigenvalue weighted by molar-refractivity contribution is 7.09. The Balaban J connectivity index is 1.60. The molecular formula is C24H26N3O5S-. The average molecular weight is 469 g/mol. The molecule has 0 radical (unpaired) electrons. The predicted molar refractivity (Wildman–Crippen MR) is 124 cm³/mol. The first-order valence-corrected chi connectivity index (χ1v) is 11.9. The summed E-state index contributed by atoms with van der Waals surface area (Å²) in [6, 6.07) is 3.73. The summed E-state index contributed by atoms with van der Waals surface area (Å²) in [7, 11) is 0. The molecule has 174 valence electrons. The summed E-state index contributed by atoms with van der Waals surface area (Å²) < 4.78 is 12.6. The summed E-state index contributed by atoms with van der Waals surface area (Å²) in [6.45, 7) is 5.87. The third-order valence-corrected chi connectivity index (χ3v) is 6.48. The van der Waals surface area contributed by atoms with Crippen LogP contribution in [0.1, 0.15) is 48.0 Å². The largest absolute Gasteiger partial charge is 0.545 e. The molecule has 0 bridgehead atoms. The maximum atomic E-state index is 13.1. The number of carboxylic acid groups (broad SMARTS) is 1. The van der Waals surface area contributed by atoms with E-state index in [9.17, 15) is 14.7 Å². The van der Waals surface area contributed by atoms with E-state index in [2.05, 4.69) is 29.2 Å². The number of carbonyl (C=O) groups excluding carboxylic acids is 1. The zero-order chi connectivity index (χ0) is 23.4. The zero-order valence-corrected chi connectivity index (χ0v) is 19.5. The van der Waals surface area contributed by atoms with Crippen molar-refractivity contribution in [1.82, 2.24) is 14.4 Å². The van der Waals surface area contributed by atoms with E-state index in [4.69, 9.17) is 9.47 Å². The Morgan fingerprint density at radius 1 is 1.39 bits per heavy atom. The molecule has 1 fully saturated rings. The fourth-order valence-corrected chi connectivity index (χ4v) is 4.56. The lowest BCUT2D eigenvalue weighted by Crippen LogP contribution is -2.22. The van der Waals surface area contributed by atoms with Crippen molar-refractivity contribution < 1.29 is 19.4 Å². The van der Waals surface area contributed by atoms with E-state index in [0.29, 0.717) is 31.4 Å². The number of fused-ring (bicyclic) bond motifs is 1. The van der Waals surface area contributed by atoms with E-state index in [1.807, 2.05) is 12.1 Å². The third-order valence-electron chi connectivity index (χ3n) is 5.55. The molecule has 33 heavy (non-hydrogen) atoms. The first kappa shape index (κ1) is 23.1. The molecular weight excluding hydrogens is 442 g/mol. The van der Waals surface area contributed by atoms with Crippen LogP contribution >= 0.6 is 11.3 Å². The number of aliphatic carboxylic acids is 1. The van der Waals surface area contributed by atoms with Crippen LogP contribution < -0.4 is 15.4 Å². The number of carboxylic acids is 1. The van der Waals surface area contributed by atoms with E-state index in [1.165, 1.54) is 10.5 Å². The Hall–Kier alpha value is -3.04. The molecule has 0 spiro atoms. The Morgan fingerprint density at radius 3 is 2.94 bits per heavy atom. The molecule has 1 atom stereocenters. The Bertz CT molecular complexity index is 1220. The number of carbonyl (C=O) groups is 1. The van der Waals surface area contributed by atoms with Crippen LogP contribution in [0.15, 0.2) is 34.6 Å². The van der Waals surface area contributed by atoms with Gasteiger partial charge in [0.1, 0.15) is 11.2 Å². The van der Waals surface area contributed by atoms with E-state index in [0.717, 1.165) is 41.6 Å². The van der Waals surface area contributed by atoms with Crippen LogP contribution in [0.3, 0.4) is 0 Å². The van der Waals surface area contributed by atoms with Gasteiger partial charge in [-0.15, -0.1) is 11.3 Å².